The van der Waals surface area contributed by atoms with Crippen LogP contribution in [0.3, 0.4) is 0 Å². The van der Waals surface area contributed by atoms with Crippen LogP contribution in [0.15, 0.2) is 88.5 Å². The van der Waals surface area contributed by atoms with Gasteiger partial charge < -0.3 is 9.47 Å². The molecule has 3 aromatic carbocycles. The van der Waals surface area contributed by atoms with Gasteiger partial charge in [-0.1, -0.05) is 48.5 Å². The zero-order valence-electron chi connectivity index (χ0n) is 15.7. The SMILES string of the molecule is COc1ccc(C2=C(I)C(c3ccc(Oc4ccccc4)cc3)=CCC2)cc1. The number of para-hydroxylation sites is 1. The second-order valence-corrected chi connectivity index (χ2v) is 7.70. The van der Waals surface area contributed by atoms with E-state index in [1.807, 2.05) is 54.6 Å². The first-order valence-electron chi connectivity index (χ1n) is 9.31. The maximum Gasteiger partial charge on any atom is 0.127 e. The van der Waals surface area contributed by atoms with Crippen molar-refractivity contribution >= 4 is 33.7 Å². The summed E-state index contributed by atoms with van der Waals surface area (Å²) in [5.41, 5.74) is 5.17. The predicted octanol–water partition coefficient (Wildman–Crippen LogP) is 7.51. The van der Waals surface area contributed by atoms with Gasteiger partial charge in [-0.25, -0.2) is 0 Å². The van der Waals surface area contributed by atoms with Crippen LogP contribution in [0.4, 0.5) is 0 Å². The molecule has 0 spiro atoms. The predicted molar refractivity (Wildman–Crippen MR) is 124 cm³/mol. The quantitative estimate of drug-likeness (QED) is 0.352. The largest absolute Gasteiger partial charge is 0.497 e. The van der Waals surface area contributed by atoms with Gasteiger partial charge in [0.1, 0.15) is 17.2 Å². The fourth-order valence-electron chi connectivity index (χ4n) is 3.36. The summed E-state index contributed by atoms with van der Waals surface area (Å²) in [6.07, 6.45) is 4.44. The third kappa shape index (κ3) is 4.14. The number of allylic oxidation sites excluding steroid dienone is 4. The lowest BCUT2D eigenvalue weighted by atomic mass is 9.90. The van der Waals surface area contributed by atoms with E-state index < -0.39 is 0 Å². The van der Waals surface area contributed by atoms with Crippen molar-refractivity contribution in [2.45, 2.75) is 12.8 Å². The van der Waals surface area contributed by atoms with Gasteiger partial charge in [0.2, 0.25) is 0 Å². The molecule has 140 valence electrons. The summed E-state index contributed by atoms with van der Waals surface area (Å²) in [7, 11) is 1.70. The van der Waals surface area contributed by atoms with Gasteiger partial charge in [0.05, 0.1) is 7.11 Å². The molecule has 3 heteroatoms. The Bertz CT molecular complexity index is 1000. The molecule has 1 aliphatic rings. The maximum atomic E-state index is 5.91. The molecule has 4 rings (SSSR count). The highest BCUT2D eigenvalue weighted by Gasteiger charge is 2.17. The van der Waals surface area contributed by atoms with E-state index in [0.717, 1.165) is 30.1 Å². The first-order chi connectivity index (χ1) is 13.7. The molecule has 0 saturated heterocycles. The van der Waals surface area contributed by atoms with E-state index in [1.165, 1.54) is 25.9 Å². The van der Waals surface area contributed by atoms with E-state index in [2.05, 4.69) is 52.9 Å². The van der Waals surface area contributed by atoms with Crippen molar-refractivity contribution in [3.8, 4) is 17.2 Å². The van der Waals surface area contributed by atoms with Crippen LogP contribution in [0.1, 0.15) is 24.0 Å². The van der Waals surface area contributed by atoms with Crippen LogP contribution in [0.5, 0.6) is 17.2 Å². The minimum Gasteiger partial charge on any atom is -0.497 e. The summed E-state index contributed by atoms with van der Waals surface area (Å²) in [6.45, 7) is 0. The lowest BCUT2D eigenvalue weighted by Gasteiger charge is -2.19. The van der Waals surface area contributed by atoms with Crippen LogP contribution in [0.2, 0.25) is 0 Å². The van der Waals surface area contributed by atoms with Crippen LogP contribution < -0.4 is 9.47 Å². The van der Waals surface area contributed by atoms with Crippen LogP contribution in [-0.4, -0.2) is 7.11 Å². The standard InChI is InChI=1S/C25H21IO2/c1-27-20-14-10-18(11-15-20)23-8-5-9-24(25(23)26)19-12-16-22(17-13-19)28-21-6-3-2-4-7-21/h2-4,6-7,9-17H,5,8H2,1H3. The molecular weight excluding hydrogens is 459 g/mol. The summed E-state index contributed by atoms with van der Waals surface area (Å²) >= 11 is 2.48. The molecule has 0 saturated carbocycles. The zero-order chi connectivity index (χ0) is 19.3. The molecule has 1 aliphatic carbocycles. The number of methoxy groups -OCH3 is 1. The van der Waals surface area contributed by atoms with Crippen molar-refractivity contribution in [2.75, 3.05) is 7.11 Å². The minimum absolute atomic E-state index is 0.848. The van der Waals surface area contributed by atoms with Gasteiger partial charge in [0, 0.05) is 3.58 Å². The third-order valence-corrected chi connectivity index (χ3v) is 6.06. The monoisotopic (exact) mass is 480 g/mol. The van der Waals surface area contributed by atoms with Crippen molar-refractivity contribution in [1.29, 1.82) is 0 Å². The summed E-state index contributed by atoms with van der Waals surface area (Å²) < 4.78 is 12.5. The fraction of sp³-hybridized carbons (Fsp3) is 0.120. The molecule has 3 aromatic rings. The molecule has 0 aliphatic heterocycles. The molecule has 0 aromatic heterocycles. The number of benzene rings is 3. The first-order valence-corrected chi connectivity index (χ1v) is 10.4. The Kier molecular flexibility index (Phi) is 5.81. The maximum absolute atomic E-state index is 5.91. The molecule has 0 heterocycles. The van der Waals surface area contributed by atoms with E-state index in [4.69, 9.17) is 9.47 Å². The lowest BCUT2D eigenvalue weighted by molar-refractivity contribution is 0.415. The Labute approximate surface area is 179 Å². The molecule has 28 heavy (non-hydrogen) atoms. The van der Waals surface area contributed by atoms with E-state index >= 15 is 0 Å². The van der Waals surface area contributed by atoms with E-state index in [0.29, 0.717) is 0 Å². The topological polar surface area (TPSA) is 18.5 Å². The number of ether oxygens (including phenoxy) is 2. The van der Waals surface area contributed by atoms with Crippen LogP contribution in [0.25, 0.3) is 11.1 Å². The zero-order valence-corrected chi connectivity index (χ0v) is 17.8. The molecule has 0 amide bonds. The molecule has 2 nitrogen and oxygen atoms in total. The van der Waals surface area contributed by atoms with Gasteiger partial charge in [-0.3, -0.25) is 0 Å². The van der Waals surface area contributed by atoms with Crippen molar-refractivity contribution in [3.05, 3.63) is 99.6 Å². The Morgan fingerprint density at radius 2 is 1.32 bits per heavy atom. The smallest absolute Gasteiger partial charge is 0.127 e. The second-order valence-electron chi connectivity index (χ2n) is 6.62. The molecule has 0 N–H and O–H groups in total. The van der Waals surface area contributed by atoms with Gasteiger partial charge in [-0.2, -0.15) is 0 Å². The van der Waals surface area contributed by atoms with E-state index in [9.17, 15) is 0 Å². The van der Waals surface area contributed by atoms with Gasteiger partial charge in [-0.05, 0) is 94.1 Å². The molecule has 0 fully saturated rings. The van der Waals surface area contributed by atoms with Crippen LogP contribution >= 0.6 is 22.6 Å². The van der Waals surface area contributed by atoms with Crippen molar-refractivity contribution < 1.29 is 9.47 Å². The average molecular weight is 480 g/mol. The van der Waals surface area contributed by atoms with E-state index in [1.54, 1.807) is 7.11 Å². The highest BCUT2D eigenvalue weighted by Crippen LogP contribution is 2.41. The second kappa shape index (κ2) is 8.65. The molecule has 0 unspecified atom stereocenters. The number of hydrogen-bond donors (Lipinski definition) is 0. The highest BCUT2D eigenvalue weighted by molar-refractivity contribution is 14.1. The van der Waals surface area contributed by atoms with Crippen molar-refractivity contribution in [1.82, 2.24) is 0 Å². The average Bonchev–Trinajstić information content (AvgIpc) is 2.75. The highest BCUT2D eigenvalue weighted by atomic mass is 127. The number of halogens is 1. The minimum atomic E-state index is 0.848. The summed E-state index contributed by atoms with van der Waals surface area (Å²) in [5, 5.41) is 0. The third-order valence-electron chi connectivity index (χ3n) is 4.83. The Morgan fingerprint density at radius 1 is 0.714 bits per heavy atom. The number of hydrogen-bond acceptors (Lipinski definition) is 2. The van der Waals surface area contributed by atoms with Gasteiger partial charge in [-0.15, -0.1) is 0 Å². The van der Waals surface area contributed by atoms with Crippen LogP contribution in [-0.2, 0) is 0 Å². The van der Waals surface area contributed by atoms with Crippen molar-refractivity contribution in [2.24, 2.45) is 0 Å². The summed E-state index contributed by atoms with van der Waals surface area (Å²) in [4.78, 5) is 0. The first kappa shape index (κ1) is 18.8. The molecular formula is C25H21IO2. The van der Waals surface area contributed by atoms with Crippen LogP contribution in [0, 0.1) is 0 Å². The van der Waals surface area contributed by atoms with Gasteiger partial charge in [0.25, 0.3) is 0 Å². The van der Waals surface area contributed by atoms with Gasteiger partial charge >= 0.3 is 0 Å². The normalized spacial score (nSPS) is 13.9. The number of rotatable bonds is 5. The molecule has 0 atom stereocenters. The Balaban J connectivity index is 1.57. The van der Waals surface area contributed by atoms with Crippen molar-refractivity contribution in [3.63, 3.8) is 0 Å². The van der Waals surface area contributed by atoms with E-state index in [-0.39, 0.29) is 0 Å². The Morgan fingerprint density at radius 3 is 2.00 bits per heavy atom. The summed E-state index contributed by atoms with van der Waals surface area (Å²) in [5.74, 6) is 2.59. The Hall–Kier alpha value is -2.53. The van der Waals surface area contributed by atoms with Gasteiger partial charge in [0.15, 0.2) is 0 Å². The lowest BCUT2D eigenvalue weighted by Crippen LogP contribution is -1.97. The fourth-order valence-corrected chi connectivity index (χ4v) is 4.47. The summed E-state index contributed by atoms with van der Waals surface area (Å²) in [6, 6.07) is 26.6. The molecule has 0 bridgehead atoms. The molecule has 0 radical (unpaired) electrons.